The first kappa shape index (κ1) is 19.8. The van der Waals surface area contributed by atoms with Crippen LogP contribution in [0, 0.1) is 0 Å². The van der Waals surface area contributed by atoms with Crippen molar-refractivity contribution in [1.82, 2.24) is 14.5 Å². The first-order chi connectivity index (χ1) is 12.5. The lowest BCUT2D eigenvalue weighted by atomic mass is 10.1. The number of nitrogens with zero attached hydrogens (tertiary/aromatic N) is 3. The number of aliphatic hydroxyl groups is 1. The van der Waals surface area contributed by atoms with Crippen LogP contribution in [0.1, 0.15) is 50.6 Å². The molecule has 148 valence electrons. The maximum atomic E-state index is 13.1. The van der Waals surface area contributed by atoms with Gasteiger partial charge in [0.05, 0.1) is 23.2 Å². The lowest BCUT2D eigenvalue weighted by Crippen LogP contribution is -2.38. The Hall–Kier alpha value is -0.960. The van der Waals surface area contributed by atoms with Gasteiger partial charge in [0, 0.05) is 33.4 Å². The van der Waals surface area contributed by atoms with Crippen molar-refractivity contribution in [2.75, 3.05) is 26.8 Å². The third-order valence-corrected chi connectivity index (χ3v) is 7.68. The summed E-state index contributed by atoms with van der Waals surface area (Å²) in [6.45, 7) is 3.35. The third-order valence-electron chi connectivity index (χ3n) is 5.49. The van der Waals surface area contributed by atoms with Crippen molar-refractivity contribution < 1.29 is 18.3 Å². The van der Waals surface area contributed by atoms with Crippen LogP contribution in [-0.4, -0.2) is 66.1 Å². The van der Waals surface area contributed by atoms with Crippen molar-refractivity contribution in [1.29, 1.82) is 0 Å². The number of piperidine rings is 1. The van der Waals surface area contributed by atoms with Crippen LogP contribution >= 0.6 is 0 Å². The summed E-state index contributed by atoms with van der Waals surface area (Å²) in [6.07, 6.45) is 7.39. The summed E-state index contributed by atoms with van der Waals surface area (Å²) in [5.41, 5.74) is 0.909. The predicted molar refractivity (Wildman–Crippen MR) is 98.7 cm³/mol. The highest BCUT2D eigenvalue weighted by atomic mass is 32.2. The quantitative estimate of drug-likeness (QED) is 0.684. The van der Waals surface area contributed by atoms with Crippen LogP contribution in [0.5, 0.6) is 0 Å². The van der Waals surface area contributed by atoms with Gasteiger partial charge in [-0.3, -0.25) is 4.90 Å². The zero-order valence-electron chi connectivity index (χ0n) is 15.6. The van der Waals surface area contributed by atoms with Gasteiger partial charge >= 0.3 is 0 Å². The summed E-state index contributed by atoms with van der Waals surface area (Å²) in [6, 6.07) is 0. The first-order valence-electron chi connectivity index (χ1n) is 9.70. The van der Waals surface area contributed by atoms with Crippen LogP contribution in [0.15, 0.2) is 11.4 Å². The molecule has 0 amide bonds. The van der Waals surface area contributed by atoms with E-state index in [0.29, 0.717) is 26.2 Å². The standard InChI is InChI=1S/C18H31N3O4S/c1-25-11-5-10-21-15(13-20-9-4-6-16(22)14-20)12-19-18(21)26(23,24)17-7-2-3-8-17/h12,16-17,22H,2-11,13-14H2,1H3. The molecule has 1 aromatic rings. The highest BCUT2D eigenvalue weighted by Gasteiger charge is 2.34. The molecule has 1 atom stereocenters. The van der Waals surface area contributed by atoms with Crippen LogP contribution < -0.4 is 0 Å². The number of likely N-dealkylation sites (tertiary alicyclic amines) is 1. The Kier molecular flexibility index (Phi) is 6.71. The fourth-order valence-corrected chi connectivity index (χ4v) is 6.07. The van der Waals surface area contributed by atoms with Crippen LogP contribution in [0.25, 0.3) is 0 Å². The second-order valence-corrected chi connectivity index (χ2v) is 9.63. The molecule has 2 heterocycles. The molecule has 7 nitrogen and oxygen atoms in total. The number of aromatic nitrogens is 2. The summed E-state index contributed by atoms with van der Waals surface area (Å²) in [4.78, 5) is 6.53. The molecule has 8 heteroatoms. The Bertz CT molecular complexity index is 683. The molecule has 2 aliphatic rings. The highest BCUT2D eigenvalue weighted by Crippen LogP contribution is 2.30. The molecule has 1 N–H and O–H groups in total. The van der Waals surface area contributed by atoms with E-state index in [0.717, 1.165) is 57.2 Å². The molecule has 0 bridgehead atoms. The molecule has 1 saturated heterocycles. The van der Waals surface area contributed by atoms with E-state index in [9.17, 15) is 13.5 Å². The minimum atomic E-state index is -3.39. The zero-order chi connectivity index (χ0) is 18.6. The van der Waals surface area contributed by atoms with Crippen molar-refractivity contribution in [2.24, 2.45) is 0 Å². The third kappa shape index (κ3) is 4.47. The molecule has 1 aromatic heterocycles. The van der Waals surface area contributed by atoms with Gasteiger partial charge in [0.1, 0.15) is 0 Å². The monoisotopic (exact) mass is 385 g/mol. The van der Waals surface area contributed by atoms with Gasteiger partial charge in [0.25, 0.3) is 0 Å². The maximum absolute atomic E-state index is 13.1. The largest absolute Gasteiger partial charge is 0.392 e. The summed E-state index contributed by atoms with van der Waals surface area (Å²) < 4.78 is 33.2. The van der Waals surface area contributed by atoms with Gasteiger partial charge in [0.2, 0.25) is 15.0 Å². The van der Waals surface area contributed by atoms with Crippen molar-refractivity contribution >= 4 is 9.84 Å². The average Bonchev–Trinajstić information content (AvgIpc) is 3.26. The van der Waals surface area contributed by atoms with Gasteiger partial charge in [-0.15, -0.1) is 0 Å². The topological polar surface area (TPSA) is 84.7 Å². The SMILES string of the molecule is COCCCn1c(CN2CCCC(O)C2)cnc1S(=O)(=O)C1CCCC1. The van der Waals surface area contributed by atoms with Crippen molar-refractivity contribution in [3.8, 4) is 0 Å². The molecule has 1 unspecified atom stereocenters. The van der Waals surface area contributed by atoms with Crippen molar-refractivity contribution in [2.45, 2.75) is 74.5 Å². The maximum Gasteiger partial charge on any atom is 0.228 e. The van der Waals surface area contributed by atoms with Crippen LogP contribution in [-0.2, 0) is 27.7 Å². The van der Waals surface area contributed by atoms with Gasteiger partial charge in [0.15, 0.2) is 0 Å². The van der Waals surface area contributed by atoms with E-state index in [-0.39, 0.29) is 16.5 Å². The van der Waals surface area contributed by atoms with Gasteiger partial charge in [-0.25, -0.2) is 13.4 Å². The summed E-state index contributed by atoms with van der Waals surface area (Å²) >= 11 is 0. The van der Waals surface area contributed by atoms with E-state index in [1.165, 1.54) is 0 Å². The Labute approximate surface area is 156 Å². The normalized spacial score (nSPS) is 22.9. The Morgan fingerprint density at radius 3 is 2.73 bits per heavy atom. The summed E-state index contributed by atoms with van der Waals surface area (Å²) in [7, 11) is -1.74. The molecule has 0 radical (unpaired) electrons. The minimum Gasteiger partial charge on any atom is -0.392 e. The predicted octanol–water partition coefficient (Wildman–Crippen LogP) is 1.59. The van der Waals surface area contributed by atoms with Gasteiger partial charge in [-0.2, -0.15) is 0 Å². The Balaban J connectivity index is 1.83. The molecule has 0 aromatic carbocycles. The molecule has 1 saturated carbocycles. The number of hydrogen-bond acceptors (Lipinski definition) is 6. The van der Waals surface area contributed by atoms with E-state index < -0.39 is 9.84 Å². The van der Waals surface area contributed by atoms with E-state index in [1.807, 2.05) is 4.57 Å². The molecule has 3 rings (SSSR count). The van der Waals surface area contributed by atoms with Gasteiger partial charge < -0.3 is 14.4 Å². The van der Waals surface area contributed by atoms with E-state index in [1.54, 1.807) is 13.3 Å². The number of imidazole rings is 1. The second-order valence-electron chi connectivity index (χ2n) is 7.51. The lowest BCUT2D eigenvalue weighted by Gasteiger charge is -2.30. The number of ether oxygens (including phenoxy) is 1. The number of β-amino-alcohol motifs (C(OH)–C–C–N with tert-alkyl or cyclic N) is 1. The fraction of sp³-hybridized carbons (Fsp3) is 0.833. The number of hydrogen-bond donors (Lipinski definition) is 1. The number of sulfone groups is 1. The van der Waals surface area contributed by atoms with Crippen LogP contribution in [0.4, 0.5) is 0 Å². The molecular formula is C18H31N3O4S. The van der Waals surface area contributed by atoms with Gasteiger partial charge in [-0.1, -0.05) is 12.8 Å². The smallest absolute Gasteiger partial charge is 0.228 e. The van der Waals surface area contributed by atoms with E-state index >= 15 is 0 Å². The molecule has 26 heavy (non-hydrogen) atoms. The van der Waals surface area contributed by atoms with E-state index in [2.05, 4.69) is 9.88 Å². The Morgan fingerprint density at radius 2 is 2.04 bits per heavy atom. The van der Waals surface area contributed by atoms with Gasteiger partial charge in [-0.05, 0) is 38.6 Å². The molecule has 2 fully saturated rings. The number of aliphatic hydroxyl groups excluding tert-OH is 1. The average molecular weight is 386 g/mol. The summed E-state index contributed by atoms with van der Waals surface area (Å²) in [5, 5.41) is 9.82. The fourth-order valence-electron chi connectivity index (χ4n) is 4.10. The number of rotatable bonds is 8. The molecule has 1 aliphatic heterocycles. The molecular weight excluding hydrogens is 354 g/mol. The van der Waals surface area contributed by atoms with Crippen LogP contribution in [0.2, 0.25) is 0 Å². The molecule has 1 aliphatic carbocycles. The van der Waals surface area contributed by atoms with Crippen molar-refractivity contribution in [3.05, 3.63) is 11.9 Å². The van der Waals surface area contributed by atoms with Crippen LogP contribution in [0.3, 0.4) is 0 Å². The Morgan fingerprint density at radius 1 is 1.27 bits per heavy atom. The summed E-state index contributed by atoms with van der Waals surface area (Å²) in [5.74, 6) is 0. The zero-order valence-corrected chi connectivity index (χ0v) is 16.5. The lowest BCUT2D eigenvalue weighted by molar-refractivity contribution is 0.0654. The minimum absolute atomic E-state index is 0.216. The second kappa shape index (κ2) is 8.82. The molecule has 0 spiro atoms. The van der Waals surface area contributed by atoms with E-state index in [4.69, 9.17) is 4.74 Å². The number of methoxy groups -OCH3 is 1. The first-order valence-corrected chi connectivity index (χ1v) is 11.2. The highest BCUT2D eigenvalue weighted by molar-refractivity contribution is 7.91. The van der Waals surface area contributed by atoms with Crippen molar-refractivity contribution in [3.63, 3.8) is 0 Å².